The Balaban J connectivity index is 1.82. The molecule has 9 heteroatoms. The number of benzene rings is 2. The van der Waals surface area contributed by atoms with Crippen molar-refractivity contribution in [1.82, 2.24) is 0 Å². The van der Waals surface area contributed by atoms with Crippen molar-refractivity contribution in [2.75, 3.05) is 0 Å². The van der Waals surface area contributed by atoms with Crippen molar-refractivity contribution in [3.05, 3.63) is 70.0 Å². The van der Waals surface area contributed by atoms with Gasteiger partial charge in [-0.15, -0.1) is 0 Å². The van der Waals surface area contributed by atoms with E-state index in [1.807, 2.05) is 0 Å². The van der Waals surface area contributed by atoms with E-state index in [-0.39, 0.29) is 35.3 Å². The van der Waals surface area contributed by atoms with Crippen molar-refractivity contribution in [1.29, 1.82) is 0 Å². The third-order valence-corrected chi connectivity index (χ3v) is 9.12. The topological polar surface area (TPSA) is 132 Å². The van der Waals surface area contributed by atoms with Gasteiger partial charge in [0.2, 0.25) is 5.78 Å². The smallest absolute Gasteiger partial charge is 0.203 e. The summed E-state index contributed by atoms with van der Waals surface area (Å²) in [5, 5.41) is 45.6. The number of phenolic OH excluding ortho intramolecular Hbond substituents is 1. The van der Waals surface area contributed by atoms with Gasteiger partial charge in [0.05, 0.1) is 5.56 Å². The summed E-state index contributed by atoms with van der Waals surface area (Å²) in [6.45, 7) is 7.70. The van der Waals surface area contributed by atoms with Gasteiger partial charge in [-0.05, 0) is 60.6 Å². The molecule has 2 aromatic rings. The lowest BCUT2D eigenvalue weighted by atomic mass is 9.43. The Morgan fingerprint density at radius 1 is 1.02 bits per heavy atom. The average molecular weight is 553 g/mol. The summed E-state index contributed by atoms with van der Waals surface area (Å²) >= 11 is 0. The fraction of sp³-hybridized carbons (Fsp3) is 0.387. The Bertz CT molecular complexity index is 1600. The maximum Gasteiger partial charge on any atom is 0.203 e. The average Bonchev–Trinajstić information content (AvgIpc) is 2.83. The summed E-state index contributed by atoms with van der Waals surface area (Å²) in [7, 11) is 0. The first-order chi connectivity index (χ1) is 18.5. The van der Waals surface area contributed by atoms with Crippen LogP contribution in [0.3, 0.4) is 0 Å². The van der Waals surface area contributed by atoms with Crippen molar-refractivity contribution in [3.8, 4) is 16.9 Å². The highest BCUT2D eigenvalue weighted by Gasteiger charge is 2.72. The van der Waals surface area contributed by atoms with Gasteiger partial charge in [0.1, 0.15) is 22.8 Å². The van der Waals surface area contributed by atoms with Crippen LogP contribution in [0.1, 0.15) is 52.2 Å². The molecule has 1 fully saturated rings. The van der Waals surface area contributed by atoms with Gasteiger partial charge in [0.25, 0.3) is 0 Å². The van der Waals surface area contributed by atoms with Crippen molar-refractivity contribution in [2.45, 2.75) is 53.1 Å². The minimum atomic E-state index is -2.70. The monoisotopic (exact) mass is 552 g/mol. The van der Waals surface area contributed by atoms with Crippen LogP contribution in [-0.4, -0.2) is 43.4 Å². The van der Waals surface area contributed by atoms with Crippen LogP contribution in [-0.2, 0) is 20.8 Å². The predicted octanol–water partition coefficient (Wildman–Crippen LogP) is 5.14. The number of Topliss-reactive ketones (excluding diaryl/α,β-unsaturated/α-hetero) is 3. The molecule has 1 saturated carbocycles. The number of halogens is 2. The van der Waals surface area contributed by atoms with Crippen LogP contribution in [0.4, 0.5) is 8.78 Å². The first kappa shape index (κ1) is 27.7. The Morgan fingerprint density at radius 2 is 1.68 bits per heavy atom. The Hall–Kier alpha value is -3.85. The van der Waals surface area contributed by atoms with E-state index in [9.17, 15) is 43.6 Å². The summed E-state index contributed by atoms with van der Waals surface area (Å²) in [4.78, 5) is 40.3. The van der Waals surface area contributed by atoms with Crippen LogP contribution >= 0.6 is 0 Å². The largest absolute Gasteiger partial charge is 0.508 e. The van der Waals surface area contributed by atoms with Gasteiger partial charge in [0, 0.05) is 22.3 Å². The van der Waals surface area contributed by atoms with Crippen molar-refractivity contribution >= 4 is 23.1 Å². The van der Waals surface area contributed by atoms with Crippen molar-refractivity contribution in [3.63, 3.8) is 0 Å². The minimum Gasteiger partial charge on any atom is -0.508 e. The van der Waals surface area contributed by atoms with Crippen LogP contribution in [0.15, 0.2) is 47.2 Å². The number of aromatic hydroxyl groups is 1. The number of rotatable bonds is 3. The number of fused-ring (bicyclic) bond motifs is 3. The van der Waals surface area contributed by atoms with Crippen LogP contribution in [0.25, 0.3) is 16.9 Å². The number of carbonyl (C=O) groups is 3. The molecule has 0 heterocycles. The molecular weight excluding hydrogens is 522 g/mol. The second-order valence-electron chi connectivity index (χ2n) is 12.1. The molecule has 0 saturated heterocycles. The molecule has 0 bridgehead atoms. The lowest BCUT2D eigenvalue weighted by Crippen LogP contribution is -2.69. The summed E-state index contributed by atoms with van der Waals surface area (Å²) in [6.07, 6.45) is -0.0529. The molecular formula is C31H30F2O7. The fourth-order valence-corrected chi connectivity index (χ4v) is 7.65. The molecule has 1 unspecified atom stereocenters. The number of hydrogen-bond acceptors (Lipinski definition) is 7. The molecule has 3 aliphatic rings. The van der Waals surface area contributed by atoms with Gasteiger partial charge in [-0.3, -0.25) is 14.4 Å². The molecule has 7 nitrogen and oxygen atoms in total. The SMILES string of the molecule is CC(=O)C1=C(O)[C@]2(O)C(=O)C3=C(O)c4c(O)ccc(-c5ccc(F)c(F)c5)c4C[C@]3(C)C[C@]2(C)C(C(C)C)C1=O. The molecule has 40 heavy (non-hydrogen) atoms. The van der Waals surface area contributed by atoms with Gasteiger partial charge in [-0.25, -0.2) is 8.78 Å². The maximum absolute atomic E-state index is 14.3. The summed E-state index contributed by atoms with van der Waals surface area (Å²) < 4.78 is 27.9. The zero-order chi connectivity index (χ0) is 29.7. The predicted molar refractivity (Wildman–Crippen MR) is 141 cm³/mol. The minimum absolute atomic E-state index is 0.0188. The van der Waals surface area contributed by atoms with E-state index in [1.165, 1.54) is 25.1 Å². The summed E-state index contributed by atoms with van der Waals surface area (Å²) in [5.74, 6) is -8.21. The molecule has 5 rings (SSSR count). The molecule has 4 atom stereocenters. The molecule has 2 aromatic carbocycles. The quantitative estimate of drug-likeness (QED) is 0.388. The van der Waals surface area contributed by atoms with Crippen molar-refractivity contribution < 1.29 is 43.6 Å². The molecule has 0 amide bonds. The van der Waals surface area contributed by atoms with Crippen molar-refractivity contribution in [2.24, 2.45) is 22.7 Å². The van der Waals surface area contributed by atoms with E-state index in [2.05, 4.69) is 0 Å². The number of phenols is 1. The number of aliphatic hydroxyl groups excluding tert-OH is 2. The zero-order valence-corrected chi connectivity index (χ0v) is 22.7. The Kier molecular flexibility index (Phi) is 5.94. The van der Waals surface area contributed by atoms with Gasteiger partial charge in [-0.2, -0.15) is 0 Å². The molecule has 0 aliphatic heterocycles. The third-order valence-electron chi connectivity index (χ3n) is 9.12. The molecule has 0 aromatic heterocycles. The zero-order valence-electron chi connectivity index (χ0n) is 22.7. The number of carbonyl (C=O) groups excluding carboxylic acids is 3. The molecule has 210 valence electrons. The van der Waals surface area contributed by atoms with Gasteiger partial charge >= 0.3 is 0 Å². The lowest BCUT2D eigenvalue weighted by molar-refractivity contribution is -0.178. The third kappa shape index (κ3) is 3.33. The van der Waals surface area contributed by atoms with Gasteiger partial charge in [0.15, 0.2) is 28.8 Å². The summed E-state index contributed by atoms with van der Waals surface area (Å²) in [5.41, 5.74) is -5.50. The fourth-order valence-electron chi connectivity index (χ4n) is 7.65. The Morgan fingerprint density at radius 3 is 2.25 bits per heavy atom. The first-order valence-corrected chi connectivity index (χ1v) is 13.0. The lowest BCUT2D eigenvalue weighted by Gasteiger charge is -2.59. The molecule has 0 spiro atoms. The van der Waals surface area contributed by atoms with Gasteiger partial charge < -0.3 is 20.4 Å². The normalized spacial score (nSPS) is 29.9. The van der Waals surface area contributed by atoms with Crippen LogP contribution < -0.4 is 0 Å². The molecule has 4 N–H and O–H groups in total. The van der Waals surface area contributed by atoms with E-state index < -0.39 is 74.3 Å². The number of allylic oxidation sites excluding steroid dienone is 1. The van der Waals surface area contributed by atoms with E-state index in [4.69, 9.17) is 0 Å². The highest BCUT2D eigenvalue weighted by atomic mass is 19.2. The molecule has 3 aliphatic carbocycles. The number of aliphatic hydroxyl groups is 3. The van der Waals surface area contributed by atoms with Crippen LogP contribution in [0.5, 0.6) is 5.75 Å². The molecule has 0 radical (unpaired) electrons. The highest BCUT2D eigenvalue weighted by Crippen LogP contribution is 2.65. The maximum atomic E-state index is 14.3. The summed E-state index contributed by atoms with van der Waals surface area (Å²) in [6, 6.07) is 6.06. The van der Waals surface area contributed by atoms with E-state index in [1.54, 1.807) is 20.8 Å². The Labute approximate surface area is 229 Å². The second-order valence-corrected chi connectivity index (χ2v) is 12.1. The van der Waals surface area contributed by atoms with Crippen LogP contribution in [0.2, 0.25) is 0 Å². The van der Waals surface area contributed by atoms with E-state index >= 15 is 0 Å². The number of hydrogen-bond donors (Lipinski definition) is 4. The standard InChI is InChI=1S/C31H30F2O7/c1-13(2)23-25(36)21(14(3)34)27(38)31(40)28(39)24-26(37)22-17(11-29(24,4)12-30(23,31)5)16(7-9-20(22)35)15-6-8-18(32)19(33)10-15/h6-10,13,23,35,37-38,40H,11-12H2,1-5H3/t23?,29-,30-,31+/m1/s1. The van der Waals surface area contributed by atoms with E-state index in [0.29, 0.717) is 11.1 Å². The number of ketones is 3. The van der Waals surface area contributed by atoms with Gasteiger partial charge in [-0.1, -0.05) is 39.8 Å². The highest BCUT2D eigenvalue weighted by molar-refractivity contribution is 6.24. The van der Waals surface area contributed by atoms with Crippen LogP contribution in [0, 0.1) is 34.3 Å². The van der Waals surface area contributed by atoms with E-state index in [0.717, 1.165) is 19.1 Å². The second kappa shape index (κ2) is 8.57. The first-order valence-electron chi connectivity index (χ1n) is 13.0.